The third kappa shape index (κ3) is 3.18. The van der Waals surface area contributed by atoms with Gasteiger partial charge < -0.3 is 4.90 Å². The van der Waals surface area contributed by atoms with Crippen LogP contribution in [0.5, 0.6) is 0 Å². The van der Waals surface area contributed by atoms with Gasteiger partial charge in [-0.05, 0) is 55.0 Å². The quantitative estimate of drug-likeness (QED) is 0.759. The van der Waals surface area contributed by atoms with E-state index >= 15 is 0 Å². The predicted molar refractivity (Wildman–Crippen MR) is 91.8 cm³/mol. The van der Waals surface area contributed by atoms with Gasteiger partial charge in [-0.1, -0.05) is 48.5 Å². The summed E-state index contributed by atoms with van der Waals surface area (Å²) in [5, 5.41) is 0. The average Bonchev–Trinajstić information content (AvgIpc) is 2.56. The minimum atomic E-state index is 1.10. The van der Waals surface area contributed by atoms with Gasteiger partial charge in [0.25, 0.3) is 0 Å². The van der Waals surface area contributed by atoms with E-state index < -0.39 is 0 Å². The van der Waals surface area contributed by atoms with Gasteiger partial charge in [0.05, 0.1) is 0 Å². The molecule has 0 amide bonds. The first-order valence-electron chi connectivity index (χ1n) is 7.85. The zero-order valence-electron chi connectivity index (χ0n) is 12.8. The van der Waals surface area contributed by atoms with E-state index in [0.717, 1.165) is 5.57 Å². The van der Waals surface area contributed by atoms with Crippen molar-refractivity contribution in [2.75, 3.05) is 18.0 Å². The summed E-state index contributed by atoms with van der Waals surface area (Å²) in [5.41, 5.74) is 6.13. The number of hydrogen-bond donors (Lipinski definition) is 0. The maximum Gasteiger partial charge on any atom is 0.0366 e. The number of piperidine rings is 1. The van der Waals surface area contributed by atoms with Gasteiger partial charge in [0.2, 0.25) is 0 Å². The van der Waals surface area contributed by atoms with E-state index in [2.05, 4.69) is 66.9 Å². The smallest absolute Gasteiger partial charge is 0.0366 e. The van der Waals surface area contributed by atoms with Gasteiger partial charge in [0.15, 0.2) is 0 Å². The molecule has 1 nitrogen and oxygen atoms in total. The Morgan fingerprint density at radius 1 is 0.810 bits per heavy atom. The lowest BCUT2D eigenvalue weighted by Crippen LogP contribution is -2.29. The van der Waals surface area contributed by atoms with E-state index in [1.807, 2.05) is 0 Å². The Morgan fingerprint density at radius 3 is 1.90 bits per heavy atom. The minimum Gasteiger partial charge on any atom is -0.372 e. The van der Waals surface area contributed by atoms with Crippen molar-refractivity contribution >= 4 is 11.3 Å². The highest BCUT2D eigenvalue weighted by Gasteiger charge is 2.11. The summed E-state index contributed by atoms with van der Waals surface area (Å²) >= 11 is 0. The highest BCUT2D eigenvalue weighted by Crippen LogP contribution is 2.25. The first-order chi connectivity index (χ1) is 10.2. The van der Waals surface area contributed by atoms with Crippen molar-refractivity contribution < 1.29 is 0 Å². The molecule has 1 heteroatoms. The Labute approximate surface area is 127 Å². The van der Waals surface area contributed by atoms with Crippen LogP contribution in [0.15, 0.2) is 55.1 Å². The average molecular weight is 277 g/mol. The van der Waals surface area contributed by atoms with Crippen LogP contribution in [-0.4, -0.2) is 13.1 Å². The first kappa shape index (κ1) is 13.9. The molecule has 0 N–H and O–H groups in total. The van der Waals surface area contributed by atoms with E-state index in [4.69, 9.17) is 0 Å². The number of rotatable bonds is 3. The molecule has 1 aliphatic heterocycles. The Kier molecular flexibility index (Phi) is 4.10. The number of anilines is 1. The molecule has 1 saturated heterocycles. The van der Waals surface area contributed by atoms with Crippen molar-refractivity contribution in [2.24, 2.45) is 0 Å². The van der Waals surface area contributed by atoms with Crippen LogP contribution in [-0.2, 0) is 0 Å². The molecule has 1 aliphatic rings. The van der Waals surface area contributed by atoms with E-state index in [9.17, 15) is 0 Å². The lowest BCUT2D eigenvalue weighted by Gasteiger charge is -2.29. The summed E-state index contributed by atoms with van der Waals surface area (Å²) in [5.74, 6) is 0. The van der Waals surface area contributed by atoms with Gasteiger partial charge in [0, 0.05) is 18.8 Å². The highest BCUT2D eigenvalue weighted by molar-refractivity contribution is 5.78. The fourth-order valence-corrected chi connectivity index (χ4v) is 2.95. The van der Waals surface area contributed by atoms with Crippen molar-refractivity contribution in [3.63, 3.8) is 0 Å². The molecule has 108 valence electrons. The van der Waals surface area contributed by atoms with Crippen molar-refractivity contribution in [3.05, 3.63) is 71.8 Å². The van der Waals surface area contributed by atoms with Gasteiger partial charge in [-0.3, -0.25) is 0 Å². The third-order valence-electron chi connectivity index (χ3n) is 4.34. The summed E-state index contributed by atoms with van der Waals surface area (Å²) in [6.07, 6.45) is 4.01. The highest BCUT2D eigenvalue weighted by atomic mass is 15.1. The summed E-state index contributed by atoms with van der Waals surface area (Å²) in [6.45, 7) is 8.75. The van der Waals surface area contributed by atoms with Crippen LogP contribution in [0.4, 0.5) is 5.69 Å². The standard InChI is InChI=1S/C20H23N/c1-16-6-8-18(9-7-16)17(2)19-10-12-20(13-11-19)21-14-4-3-5-15-21/h6-13H,2-5,14-15H2,1H3. The summed E-state index contributed by atoms with van der Waals surface area (Å²) in [7, 11) is 0. The summed E-state index contributed by atoms with van der Waals surface area (Å²) in [4.78, 5) is 2.49. The fourth-order valence-electron chi connectivity index (χ4n) is 2.95. The number of nitrogens with zero attached hydrogens (tertiary/aromatic N) is 1. The van der Waals surface area contributed by atoms with E-state index in [1.54, 1.807) is 0 Å². The van der Waals surface area contributed by atoms with Gasteiger partial charge >= 0.3 is 0 Å². The Morgan fingerprint density at radius 2 is 1.33 bits per heavy atom. The van der Waals surface area contributed by atoms with Crippen LogP contribution in [0, 0.1) is 6.92 Å². The first-order valence-corrected chi connectivity index (χ1v) is 7.85. The molecule has 1 heterocycles. The molecule has 0 bridgehead atoms. The summed E-state index contributed by atoms with van der Waals surface area (Å²) < 4.78 is 0. The van der Waals surface area contributed by atoms with Crippen LogP contribution in [0.25, 0.3) is 5.57 Å². The second kappa shape index (κ2) is 6.17. The van der Waals surface area contributed by atoms with Crippen molar-refractivity contribution in [3.8, 4) is 0 Å². The zero-order valence-corrected chi connectivity index (χ0v) is 12.8. The Bertz CT molecular complexity index is 601. The molecule has 0 spiro atoms. The van der Waals surface area contributed by atoms with Gasteiger partial charge in [-0.15, -0.1) is 0 Å². The maximum atomic E-state index is 4.25. The zero-order chi connectivity index (χ0) is 14.7. The predicted octanol–water partition coefficient (Wildman–Crippen LogP) is 5.05. The third-order valence-corrected chi connectivity index (χ3v) is 4.34. The molecule has 2 aromatic carbocycles. The Balaban J connectivity index is 1.77. The molecule has 0 saturated carbocycles. The van der Waals surface area contributed by atoms with E-state index in [0.29, 0.717) is 0 Å². The van der Waals surface area contributed by atoms with Crippen molar-refractivity contribution in [1.29, 1.82) is 0 Å². The molecule has 0 unspecified atom stereocenters. The van der Waals surface area contributed by atoms with Crippen LogP contribution in [0.1, 0.15) is 36.0 Å². The molecule has 0 radical (unpaired) electrons. The van der Waals surface area contributed by atoms with Crippen molar-refractivity contribution in [2.45, 2.75) is 26.2 Å². The number of benzene rings is 2. The van der Waals surface area contributed by atoms with Gasteiger partial charge in [0.1, 0.15) is 0 Å². The normalized spacial score (nSPS) is 15.0. The molecule has 0 aromatic heterocycles. The molecule has 1 fully saturated rings. The SMILES string of the molecule is C=C(c1ccc(C)cc1)c1ccc(N2CCCCC2)cc1. The largest absolute Gasteiger partial charge is 0.372 e. The monoisotopic (exact) mass is 277 g/mol. The van der Waals surface area contributed by atoms with E-state index in [-0.39, 0.29) is 0 Å². The lowest BCUT2D eigenvalue weighted by atomic mass is 9.98. The molecule has 2 aromatic rings. The fraction of sp³-hybridized carbons (Fsp3) is 0.300. The number of hydrogen-bond acceptors (Lipinski definition) is 1. The maximum absolute atomic E-state index is 4.25. The minimum absolute atomic E-state index is 1.10. The van der Waals surface area contributed by atoms with Crippen LogP contribution < -0.4 is 4.90 Å². The van der Waals surface area contributed by atoms with Crippen molar-refractivity contribution in [1.82, 2.24) is 0 Å². The molecule has 0 atom stereocenters. The molecule has 0 aliphatic carbocycles. The second-order valence-corrected chi connectivity index (χ2v) is 5.94. The summed E-state index contributed by atoms with van der Waals surface area (Å²) in [6, 6.07) is 17.5. The number of aryl methyl sites for hydroxylation is 1. The molecule has 21 heavy (non-hydrogen) atoms. The van der Waals surface area contributed by atoms with Crippen LogP contribution in [0.2, 0.25) is 0 Å². The molecular formula is C20H23N. The lowest BCUT2D eigenvalue weighted by molar-refractivity contribution is 0.578. The second-order valence-electron chi connectivity index (χ2n) is 5.94. The molecule has 3 rings (SSSR count). The van der Waals surface area contributed by atoms with Gasteiger partial charge in [-0.25, -0.2) is 0 Å². The van der Waals surface area contributed by atoms with Crippen LogP contribution >= 0.6 is 0 Å². The topological polar surface area (TPSA) is 3.24 Å². The van der Waals surface area contributed by atoms with Crippen LogP contribution in [0.3, 0.4) is 0 Å². The Hall–Kier alpha value is -2.02. The van der Waals surface area contributed by atoms with Gasteiger partial charge in [-0.2, -0.15) is 0 Å². The molecular weight excluding hydrogens is 254 g/mol. The van der Waals surface area contributed by atoms with E-state index in [1.165, 1.54) is 54.7 Å².